The maximum absolute atomic E-state index is 15.1. The van der Waals surface area contributed by atoms with Gasteiger partial charge >= 0.3 is 12.3 Å². The summed E-state index contributed by atoms with van der Waals surface area (Å²) in [6, 6.07) is 11.2. The predicted molar refractivity (Wildman–Crippen MR) is 159 cm³/mol. The Morgan fingerprint density at radius 3 is 2.20 bits per heavy atom. The zero-order valence-corrected chi connectivity index (χ0v) is 25.1. The number of ether oxygens (including phenoxy) is 1. The molecule has 3 amide bonds. The number of anilines is 2. The highest BCUT2D eigenvalue weighted by atomic mass is 19.4. The van der Waals surface area contributed by atoms with Crippen LogP contribution in [0.2, 0.25) is 0 Å². The number of benzene rings is 3. The van der Waals surface area contributed by atoms with Crippen molar-refractivity contribution in [3.8, 4) is 0 Å². The van der Waals surface area contributed by atoms with Crippen molar-refractivity contribution in [3.05, 3.63) is 94.3 Å². The topological polar surface area (TPSA) is 87.7 Å². The second-order valence-corrected chi connectivity index (χ2v) is 11.8. The van der Waals surface area contributed by atoms with Gasteiger partial charge in [0.2, 0.25) is 5.91 Å². The first kappa shape index (κ1) is 31.0. The van der Waals surface area contributed by atoms with Crippen molar-refractivity contribution in [1.82, 2.24) is 4.90 Å². The van der Waals surface area contributed by atoms with Gasteiger partial charge in [-0.05, 0) is 94.5 Å². The summed E-state index contributed by atoms with van der Waals surface area (Å²) in [6.07, 6.45) is -4.63. The number of alkyl halides is 3. The number of nitrogens with one attached hydrogen (secondary N) is 2. The molecule has 234 valence electrons. The Balaban J connectivity index is 1.71. The Labute approximate surface area is 255 Å². The summed E-state index contributed by atoms with van der Waals surface area (Å²) in [6.45, 7) is 8.18. The molecular weight excluding hydrogens is 578 g/mol. The maximum Gasteiger partial charge on any atom is 0.416 e. The van der Waals surface area contributed by atoms with E-state index in [1.165, 1.54) is 36.9 Å². The lowest BCUT2D eigenvalue weighted by Crippen LogP contribution is -2.46. The van der Waals surface area contributed by atoms with Crippen LogP contribution < -0.4 is 10.6 Å². The summed E-state index contributed by atoms with van der Waals surface area (Å²) in [5, 5.41) is 5.21. The van der Waals surface area contributed by atoms with E-state index in [4.69, 9.17) is 6.11 Å². The number of carbonyl (C=O) groups is 3. The zero-order valence-electron chi connectivity index (χ0n) is 26.1. The SMILES string of the molecule is [2H]c1cc(C)c(C(=O)N2CCC[C@H](C(=O)Nc3ccc(C)c(C(F)(F)F)c3)[C@@H]2c2ccc(NC(=O)OC(C)(C)C)cc2)c(F)c1. The fourth-order valence-corrected chi connectivity index (χ4v) is 5.32. The number of hydrogen-bond acceptors (Lipinski definition) is 4. The van der Waals surface area contributed by atoms with E-state index in [1.807, 2.05) is 0 Å². The van der Waals surface area contributed by atoms with Gasteiger partial charge in [-0.2, -0.15) is 13.2 Å². The second-order valence-electron chi connectivity index (χ2n) is 11.8. The quantitative estimate of drug-likeness (QED) is 0.285. The van der Waals surface area contributed by atoms with E-state index >= 15 is 4.39 Å². The van der Waals surface area contributed by atoms with Crippen LogP contribution in [0, 0.1) is 25.6 Å². The Morgan fingerprint density at radius 2 is 1.59 bits per heavy atom. The lowest BCUT2D eigenvalue weighted by molar-refractivity contribution is -0.138. The molecule has 0 bridgehead atoms. The molecule has 1 saturated heterocycles. The van der Waals surface area contributed by atoms with Crippen molar-refractivity contribution in [1.29, 1.82) is 0 Å². The van der Waals surface area contributed by atoms with Crippen molar-refractivity contribution >= 4 is 29.3 Å². The molecule has 2 atom stereocenters. The number of piperidine rings is 1. The third-order valence-corrected chi connectivity index (χ3v) is 7.29. The maximum atomic E-state index is 15.1. The molecule has 0 radical (unpaired) electrons. The average Bonchev–Trinajstić information content (AvgIpc) is 2.92. The van der Waals surface area contributed by atoms with Gasteiger partial charge in [-0.25, -0.2) is 9.18 Å². The first-order chi connectivity index (χ1) is 20.9. The lowest BCUT2D eigenvalue weighted by atomic mass is 9.83. The summed E-state index contributed by atoms with van der Waals surface area (Å²) < 4.78 is 68.8. The molecule has 1 aliphatic heterocycles. The smallest absolute Gasteiger partial charge is 0.416 e. The molecule has 2 N–H and O–H groups in total. The number of likely N-dealkylation sites (tertiary alicyclic amines) is 1. The molecule has 1 aliphatic rings. The first-order valence-electron chi connectivity index (χ1n) is 14.6. The third kappa shape index (κ3) is 7.56. The fraction of sp³-hybridized carbons (Fsp3) is 0.364. The van der Waals surface area contributed by atoms with Crippen LogP contribution in [0.4, 0.5) is 33.7 Å². The highest BCUT2D eigenvalue weighted by Gasteiger charge is 2.41. The van der Waals surface area contributed by atoms with E-state index in [0.717, 1.165) is 12.1 Å². The lowest BCUT2D eigenvalue weighted by Gasteiger charge is -2.41. The second kappa shape index (κ2) is 12.7. The number of nitrogens with zero attached hydrogens (tertiary/aromatic N) is 1. The van der Waals surface area contributed by atoms with Crippen LogP contribution in [0.1, 0.15) is 73.6 Å². The van der Waals surface area contributed by atoms with E-state index in [0.29, 0.717) is 24.1 Å². The van der Waals surface area contributed by atoms with Crippen molar-refractivity contribution in [2.45, 2.75) is 65.3 Å². The summed E-state index contributed by atoms with van der Waals surface area (Å²) in [5.41, 5.74) is -0.747. The molecule has 0 aromatic heterocycles. The van der Waals surface area contributed by atoms with E-state index < -0.39 is 53.0 Å². The Kier molecular flexibility index (Phi) is 8.94. The van der Waals surface area contributed by atoms with Crippen molar-refractivity contribution in [2.75, 3.05) is 17.2 Å². The van der Waals surface area contributed by atoms with E-state index in [2.05, 4.69) is 10.6 Å². The van der Waals surface area contributed by atoms with Gasteiger partial charge in [0.05, 0.1) is 24.5 Å². The minimum absolute atomic E-state index is 0.00369. The number of amides is 3. The van der Waals surface area contributed by atoms with Gasteiger partial charge < -0.3 is 15.0 Å². The van der Waals surface area contributed by atoms with Crippen molar-refractivity contribution in [3.63, 3.8) is 0 Å². The number of aryl methyl sites for hydroxylation is 2. The van der Waals surface area contributed by atoms with Gasteiger partial charge in [0.15, 0.2) is 0 Å². The Morgan fingerprint density at radius 1 is 0.932 bits per heavy atom. The Hall–Kier alpha value is -4.41. The van der Waals surface area contributed by atoms with E-state index in [1.54, 1.807) is 45.0 Å². The summed E-state index contributed by atoms with van der Waals surface area (Å²) in [4.78, 5) is 41.3. The average molecular weight is 615 g/mol. The summed E-state index contributed by atoms with van der Waals surface area (Å²) in [7, 11) is 0. The van der Waals surface area contributed by atoms with E-state index in [-0.39, 0.29) is 35.0 Å². The molecule has 3 aromatic rings. The molecule has 0 aliphatic carbocycles. The van der Waals surface area contributed by atoms with Crippen LogP contribution in [-0.4, -0.2) is 35.0 Å². The standard InChI is InChI=1S/C33H35F4N3O4/c1-19-11-14-23(18-25(19)33(35,36)37)38-29(41)24-9-7-17-40(30(42)27-20(2)8-6-10-26(27)34)28(24)21-12-15-22(16-13-21)39-31(43)44-32(3,4)5/h6,8,10-16,18,24,28H,7,9,17H2,1-5H3,(H,38,41)(H,39,43)/t24-,28-/m0/s1/i6D. The molecule has 11 heteroatoms. The van der Waals surface area contributed by atoms with Gasteiger partial charge in [-0.15, -0.1) is 0 Å². The number of halogens is 4. The number of carbonyl (C=O) groups excluding carboxylic acids is 3. The normalized spacial score (nSPS) is 17.5. The minimum atomic E-state index is -4.62. The van der Waals surface area contributed by atoms with Crippen LogP contribution in [-0.2, 0) is 15.7 Å². The molecule has 44 heavy (non-hydrogen) atoms. The molecule has 1 heterocycles. The van der Waals surface area contributed by atoms with Crippen molar-refractivity contribution in [2.24, 2.45) is 5.92 Å². The molecule has 0 saturated carbocycles. The van der Waals surface area contributed by atoms with E-state index in [9.17, 15) is 27.6 Å². The molecule has 1 fully saturated rings. The fourth-order valence-electron chi connectivity index (χ4n) is 5.32. The molecule has 7 nitrogen and oxygen atoms in total. The molecular formula is C33H35F4N3O4. The molecule has 3 aromatic carbocycles. The van der Waals surface area contributed by atoms with Crippen LogP contribution >= 0.6 is 0 Å². The number of rotatable bonds is 5. The largest absolute Gasteiger partial charge is 0.444 e. The zero-order chi connectivity index (χ0) is 33.3. The summed E-state index contributed by atoms with van der Waals surface area (Å²) in [5.74, 6) is -3.07. The molecule has 0 unspecified atom stereocenters. The van der Waals surface area contributed by atoms with Crippen LogP contribution in [0.15, 0.2) is 60.6 Å². The summed E-state index contributed by atoms with van der Waals surface area (Å²) >= 11 is 0. The highest BCUT2D eigenvalue weighted by molar-refractivity contribution is 5.98. The van der Waals surface area contributed by atoms with Gasteiger partial charge in [0, 0.05) is 17.9 Å². The molecule has 4 rings (SSSR count). The van der Waals surface area contributed by atoms with Gasteiger partial charge in [0.1, 0.15) is 11.4 Å². The first-order valence-corrected chi connectivity index (χ1v) is 14.1. The highest BCUT2D eigenvalue weighted by Crippen LogP contribution is 2.39. The van der Waals surface area contributed by atoms with Crippen LogP contribution in [0.25, 0.3) is 0 Å². The third-order valence-electron chi connectivity index (χ3n) is 7.29. The van der Waals surface area contributed by atoms with Gasteiger partial charge in [-0.1, -0.05) is 30.3 Å². The van der Waals surface area contributed by atoms with Crippen LogP contribution in [0.5, 0.6) is 0 Å². The van der Waals surface area contributed by atoms with Gasteiger partial charge in [-0.3, -0.25) is 14.9 Å². The van der Waals surface area contributed by atoms with Crippen LogP contribution in [0.3, 0.4) is 0 Å². The monoisotopic (exact) mass is 614 g/mol. The predicted octanol–water partition coefficient (Wildman–Crippen LogP) is 8.04. The molecule has 0 spiro atoms. The number of hydrogen-bond donors (Lipinski definition) is 2. The Bertz CT molecular complexity index is 1580. The van der Waals surface area contributed by atoms with Crippen molar-refractivity contribution < 1.29 is 38.1 Å². The van der Waals surface area contributed by atoms with Gasteiger partial charge in [0.25, 0.3) is 5.91 Å². The minimum Gasteiger partial charge on any atom is -0.444 e.